The summed E-state index contributed by atoms with van der Waals surface area (Å²) in [6.45, 7) is 0.318. The molecule has 1 aliphatic rings. The Labute approximate surface area is 131 Å². The SMILES string of the molecule is NCC1(C(O)c2ccc(Br)cc2F)Cc2ccccc2C1. The average Bonchev–Trinajstić information content (AvgIpc) is 2.86. The molecular weight excluding hydrogens is 333 g/mol. The molecule has 2 nitrogen and oxygen atoms in total. The molecule has 0 aromatic heterocycles. The van der Waals surface area contributed by atoms with Gasteiger partial charge in [-0.1, -0.05) is 46.3 Å². The van der Waals surface area contributed by atoms with Crippen LogP contribution >= 0.6 is 15.9 Å². The van der Waals surface area contributed by atoms with Crippen LogP contribution in [0.3, 0.4) is 0 Å². The normalized spacial score (nSPS) is 17.5. The first-order valence-electron chi connectivity index (χ1n) is 6.95. The van der Waals surface area contributed by atoms with E-state index in [2.05, 4.69) is 28.1 Å². The number of aliphatic hydroxyl groups is 1. The third-order valence-corrected chi connectivity index (χ3v) is 4.94. The summed E-state index contributed by atoms with van der Waals surface area (Å²) in [5, 5.41) is 10.8. The second-order valence-electron chi connectivity index (χ2n) is 5.76. The number of benzene rings is 2. The molecule has 110 valence electrons. The fraction of sp³-hybridized carbons (Fsp3) is 0.294. The van der Waals surface area contributed by atoms with Crippen LogP contribution in [0.25, 0.3) is 0 Å². The fourth-order valence-electron chi connectivity index (χ4n) is 3.23. The van der Waals surface area contributed by atoms with E-state index in [1.807, 2.05) is 12.1 Å². The van der Waals surface area contributed by atoms with Crippen molar-refractivity contribution in [1.29, 1.82) is 0 Å². The van der Waals surface area contributed by atoms with Gasteiger partial charge in [0.05, 0.1) is 6.10 Å². The molecule has 0 fully saturated rings. The van der Waals surface area contributed by atoms with Gasteiger partial charge in [-0.25, -0.2) is 4.39 Å². The predicted octanol–water partition coefficient (Wildman–Crippen LogP) is 3.37. The topological polar surface area (TPSA) is 46.2 Å². The molecule has 2 aromatic carbocycles. The summed E-state index contributed by atoms with van der Waals surface area (Å²) in [5.41, 5.74) is 8.15. The highest BCUT2D eigenvalue weighted by molar-refractivity contribution is 9.10. The summed E-state index contributed by atoms with van der Waals surface area (Å²) >= 11 is 3.24. The lowest BCUT2D eigenvalue weighted by molar-refractivity contribution is 0.0330. The zero-order valence-corrected chi connectivity index (χ0v) is 13.1. The Bertz CT molecular complexity index is 649. The lowest BCUT2D eigenvalue weighted by Crippen LogP contribution is -2.38. The Morgan fingerprint density at radius 1 is 1.19 bits per heavy atom. The Morgan fingerprint density at radius 3 is 2.33 bits per heavy atom. The van der Waals surface area contributed by atoms with E-state index >= 15 is 0 Å². The van der Waals surface area contributed by atoms with Crippen molar-refractivity contribution >= 4 is 15.9 Å². The van der Waals surface area contributed by atoms with Gasteiger partial charge in [0.2, 0.25) is 0 Å². The van der Waals surface area contributed by atoms with E-state index in [4.69, 9.17) is 5.73 Å². The van der Waals surface area contributed by atoms with E-state index in [1.165, 1.54) is 17.2 Å². The van der Waals surface area contributed by atoms with Gasteiger partial charge in [-0.15, -0.1) is 0 Å². The summed E-state index contributed by atoms with van der Waals surface area (Å²) in [5.74, 6) is -0.402. The van der Waals surface area contributed by atoms with Gasteiger partial charge in [0.25, 0.3) is 0 Å². The molecule has 2 aromatic rings. The molecular formula is C17H17BrFNO. The minimum atomic E-state index is -0.914. The van der Waals surface area contributed by atoms with E-state index in [0.29, 0.717) is 29.4 Å². The molecule has 3 rings (SSSR count). The fourth-order valence-corrected chi connectivity index (χ4v) is 3.56. The molecule has 0 saturated carbocycles. The second kappa shape index (κ2) is 5.52. The minimum absolute atomic E-state index is 0.316. The van der Waals surface area contributed by atoms with Crippen molar-refractivity contribution in [2.24, 2.45) is 11.1 Å². The summed E-state index contributed by atoms with van der Waals surface area (Å²) in [6.07, 6.45) is 0.440. The summed E-state index contributed by atoms with van der Waals surface area (Å²) in [4.78, 5) is 0. The van der Waals surface area contributed by atoms with Gasteiger partial charge in [-0.3, -0.25) is 0 Å². The molecule has 1 atom stereocenters. The van der Waals surface area contributed by atoms with Crippen molar-refractivity contribution in [3.05, 3.63) is 69.4 Å². The molecule has 21 heavy (non-hydrogen) atoms. The van der Waals surface area contributed by atoms with Crippen LogP contribution in [0.2, 0.25) is 0 Å². The van der Waals surface area contributed by atoms with E-state index in [9.17, 15) is 9.50 Å². The maximum Gasteiger partial charge on any atom is 0.130 e. The Morgan fingerprint density at radius 2 is 1.81 bits per heavy atom. The van der Waals surface area contributed by atoms with Gasteiger partial charge < -0.3 is 10.8 Å². The number of hydrogen-bond acceptors (Lipinski definition) is 2. The van der Waals surface area contributed by atoms with Crippen LogP contribution in [0.1, 0.15) is 22.8 Å². The van der Waals surface area contributed by atoms with Crippen molar-refractivity contribution in [3.8, 4) is 0 Å². The van der Waals surface area contributed by atoms with Gasteiger partial charge in [-0.2, -0.15) is 0 Å². The number of rotatable bonds is 3. The molecule has 0 heterocycles. The standard InChI is InChI=1S/C17H17BrFNO/c18-13-5-6-14(15(19)7-13)16(21)17(10-20)8-11-3-1-2-4-12(11)9-17/h1-7,16,21H,8-10,20H2. The number of nitrogens with two attached hydrogens (primary N) is 1. The Kier molecular flexibility index (Phi) is 3.86. The highest BCUT2D eigenvalue weighted by Gasteiger charge is 2.43. The molecule has 3 N–H and O–H groups in total. The number of halogens is 2. The summed E-state index contributed by atoms with van der Waals surface area (Å²) in [7, 11) is 0. The highest BCUT2D eigenvalue weighted by atomic mass is 79.9. The van der Waals surface area contributed by atoms with Gasteiger partial charge in [-0.05, 0) is 36.1 Å². The number of hydrogen-bond donors (Lipinski definition) is 2. The van der Waals surface area contributed by atoms with Crippen LogP contribution in [-0.4, -0.2) is 11.7 Å². The molecule has 0 bridgehead atoms. The van der Waals surface area contributed by atoms with E-state index in [1.54, 1.807) is 12.1 Å². The molecule has 1 unspecified atom stereocenters. The molecule has 0 saturated heterocycles. The van der Waals surface area contributed by atoms with E-state index in [0.717, 1.165) is 0 Å². The first-order chi connectivity index (χ1) is 10.1. The quantitative estimate of drug-likeness (QED) is 0.892. The van der Waals surface area contributed by atoms with Gasteiger partial charge in [0, 0.05) is 22.0 Å². The van der Waals surface area contributed by atoms with Crippen LogP contribution in [0.15, 0.2) is 46.9 Å². The summed E-state index contributed by atoms with van der Waals surface area (Å²) < 4.78 is 14.8. The molecule has 4 heteroatoms. The third-order valence-electron chi connectivity index (χ3n) is 4.45. The van der Waals surface area contributed by atoms with Crippen molar-refractivity contribution in [2.75, 3.05) is 6.54 Å². The lowest BCUT2D eigenvalue weighted by Gasteiger charge is -2.33. The Hall–Kier alpha value is -1.23. The minimum Gasteiger partial charge on any atom is -0.388 e. The van der Waals surface area contributed by atoms with Crippen LogP contribution in [0, 0.1) is 11.2 Å². The van der Waals surface area contributed by atoms with Crippen molar-refractivity contribution in [1.82, 2.24) is 0 Å². The monoisotopic (exact) mass is 349 g/mol. The molecule has 0 aliphatic heterocycles. The highest BCUT2D eigenvalue weighted by Crippen LogP contribution is 2.45. The molecule has 1 aliphatic carbocycles. The summed E-state index contributed by atoms with van der Waals surface area (Å²) in [6, 6.07) is 12.8. The average molecular weight is 350 g/mol. The smallest absolute Gasteiger partial charge is 0.130 e. The lowest BCUT2D eigenvalue weighted by atomic mass is 9.76. The first-order valence-corrected chi connectivity index (χ1v) is 7.75. The largest absolute Gasteiger partial charge is 0.388 e. The maximum atomic E-state index is 14.2. The predicted molar refractivity (Wildman–Crippen MR) is 84.4 cm³/mol. The Balaban J connectivity index is 1.98. The maximum absolute atomic E-state index is 14.2. The van der Waals surface area contributed by atoms with Crippen LogP contribution in [0.5, 0.6) is 0 Å². The zero-order chi connectivity index (χ0) is 15.0. The third kappa shape index (κ3) is 2.52. The van der Waals surface area contributed by atoms with Crippen LogP contribution < -0.4 is 5.73 Å². The van der Waals surface area contributed by atoms with Crippen molar-refractivity contribution in [2.45, 2.75) is 18.9 Å². The molecule has 0 amide bonds. The van der Waals surface area contributed by atoms with Crippen LogP contribution in [-0.2, 0) is 12.8 Å². The molecule has 0 radical (unpaired) electrons. The second-order valence-corrected chi connectivity index (χ2v) is 6.67. The van der Waals surface area contributed by atoms with Gasteiger partial charge in [0.15, 0.2) is 0 Å². The number of fused-ring (bicyclic) bond motifs is 1. The zero-order valence-electron chi connectivity index (χ0n) is 11.5. The van der Waals surface area contributed by atoms with E-state index < -0.39 is 17.3 Å². The van der Waals surface area contributed by atoms with E-state index in [-0.39, 0.29) is 0 Å². The van der Waals surface area contributed by atoms with Gasteiger partial charge in [0.1, 0.15) is 5.82 Å². The molecule has 0 spiro atoms. The number of aliphatic hydroxyl groups excluding tert-OH is 1. The first kappa shape index (κ1) is 14.7. The van der Waals surface area contributed by atoms with Crippen molar-refractivity contribution < 1.29 is 9.50 Å². The van der Waals surface area contributed by atoms with Crippen molar-refractivity contribution in [3.63, 3.8) is 0 Å². The van der Waals surface area contributed by atoms with Gasteiger partial charge >= 0.3 is 0 Å². The van der Waals surface area contributed by atoms with Crippen LogP contribution in [0.4, 0.5) is 4.39 Å².